The molecule has 0 aromatic heterocycles. The quantitative estimate of drug-likeness (QED) is 0.0476. The third kappa shape index (κ3) is 10.7. The predicted molar refractivity (Wildman–Crippen MR) is 307 cm³/mol. The van der Waals surface area contributed by atoms with E-state index in [0.29, 0.717) is 6.08 Å². The number of phenolic OH excluding ortho intramolecular Hbond substituents is 12. The van der Waals surface area contributed by atoms with Crippen LogP contribution in [0, 0.1) is 23.7 Å². The summed E-state index contributed by atoms with van der Waals surface area (Å²) < 4.78 is 36.9. The van der Waals surface area contributed by atoms with Gasteiger partial charge in [0.25, 0.3) is 0 Å². The molecule has 29 nitrogen and oxygen atoms in total. The molecule has 0 radical (unpaired) electrons. The fourth-order valence-electron chi connectivity index (χ4n) is 12.4. The number of hydrogen-bond acceptors (Lipinski definition) is 29. The van der Waals surface area contributed by atoms with Gasteiger partial charge in [0.15, 0.2) is 75.2 Å². The number of benzene rings is 5. The Kier molecular flexibility index (Phi) is 14.8. The highest BCUT2D eigenvalue weighted by molar-refractivity contribution is 6.11. The van der Waals surface area contributed by atoms with Gasteiger partial charge in [-0.1, -0.05) is 12.2 Å². The first-order valence-corrected chi connectivity index (χ1v) is 27.8. The highest BCUT2D eigenvalue weighted by Crippen LogP contribution is 2.51. The van der Waals surface area contributed by atoms with Crippen LogP contribution in [0.2, 0.25) is 0 Å². The number of hydrogen-bond donors (Lipinski definition) is 18. The van der Waals surface area contributed by atoms with Crippen LogP contribution >= 0.6 is 0 Å². The van der Waals surface area contributed by atoms with E-state index < -0.39 is 240 Å². The molecule has 5 aromatic rings. The maximum absolute atomic E-state index is 15.1. The maximum Gasteiger partial charge on any atom is 0.338 e. The second kappa shape index (κ2) is 22.6. The lowest BCUT2D eigenvalue weighted by molar-refractivity contribution is -0.151. The van der Waals surface area contributed by atoms with Crippen molar-refractivity contribution >= 4 is 29.5 Å². The molecule has 0 bridgehead atoms. The van der Waals surface area contributed by atoms with Crippen molar-refractivity contribution in [2.75, 3.05) is 0 Å². The Morgan fingerprint density at radius 1 is 0.387 bits per heavy atom. The van der Waals surface area contributed by atoms with Gasteiger partial charge in [-0.15, -0.1) is 0 Å². The van der Waals surface area contributed by atoms with Crippen LogP contribution in [0.5, 0.6) is 86.2 Å². The molecule has 93 heavy (non-hydrogen) atoms. The van der Waals surface area contributed by atoms with E-state index in [4.69, 9.17) is 28.4 Å². The Bertz CT molecular complexity index is 4380. The zero-order chi connectivity index (χ0) is 66.7. The van der Waals surface area contributed by atoms with Gasteiger partial charge in [-0.2, -0.15) is 0 Å². The third-order valence-electron chi connectivity index (χ3n) is 16.8. The van der Waals surface area contributed by atoms with Crippen molar-refractivity contribution in [2.45, 2.75) is 55.9 Å². The van der Waals surface area contributed by atoms with Crippen LogP contribution in [0.1, 0.15) is 37.4 Å². The normalized spacial score (nSPS) is 24.6. The number of carbonyl (C=O) groups is 5. The first-order chi connectivity index (χ1) is 44.0. The number of phenols is 12. The van der Waals surface area contributed by atoms with E-state index in [9.17, 15) is 111 Å². The molecule has 0 fully saturated rings. The number of rotatable bonds is 9. The first kappa shape index (κ1) is 60.8. The largest absolute Gasteiger partial charge is 0.508 e. The number of Topliss-reactive ketones (excluding diaryl/α,β-unsaturated/α-hetero) is 2. The molecular weight excluding hydrogens is 1230 g/mol. The molecule has 3 aliphatic heterocycles. The molecule has 10 atom stereocenters. The van der Waals surface area contributed by atoms with Crippen LogP contribution < -0.4 is 14.2 Å². The van der Waals surface area contributed by atoms with E-state index in [2.05, 4.69) is 0 Å². The van der Waals surface area contributed by atoms with Crippen LogP contribution in [0.3, 0.4) is 0 Å². The fourth-order valence-corrected chi connectivity index (χ4v) is 12.4. The van der Waals surface area contributed by atoms with Crippen LogP contribution in [-0.4, -0.2) is 158 Å². The summed E-state index contributed by atoms with van der Waals surface area (Å²) in [5.41, 5.74) is -3.81. The number of aliphatic hydroxyl groups excluding tert-OH is 6. The molecule has 29 heteroatoms. The molecule has 4 unspecified atom stereocenters. The van der Waals surface area contributed by atoms with Crippen molar-refractivity contribution in [3.63, 3.8) is 0 Å². The molecule has 0 spiro atoms. The predicted octanol–water partition coefficient (Wildman–Crippen LogP) is 5.73. The number of carbonyl (C=O) groups excluding carboxylic acids is 5. The third-order valence-corrected chi connectivity index (χ3v) is 16.8. The summed E-state index contributed by atoms with van der Waals surface area (Å²) in [4.78, 5) is 71.6. The number of ether oxygens (including phenoxy) is 6. The van der Waals surface area contributed by atoms with Crippen molar-refractivity contribution in [2.24, 2.45) is 23.7 Å². The van der Waals surface area contributed by atoms with E-state index >= 15 is 4.79 Å². The second-order valence-electron chi connectivity index (χ2n) is 22.5. The van der Waals surface area contributed by atoms with Crippen molar-refractivity contribution in [1.29, 1.82) is 0 Å². The first-order valence-electron chi connectivity index (χ1n) is 27.8. The minimum atomic E-state index is -1.80. The van der Waals surface area contributed by atoms with Crippen molar-refractivity contribution < 1.29 is 144 Å². The van der Waals surface area contributed by atoms with Gasteiger partial charge in [0, 0.05) is 96.0 Å². The van der Waals surface area contributed by atoms with Crippen LogP contribution in [-0.2, 0) is 47.9 Å². The summed E-state index contributed by atoms with van der Waals surface area (Å²) in [5.74, 6) is -29.9. The summed E-state index contributed by atoms with van der Waals surface area (Å²) in [6.07, 6.45) is -6.25. The van der Waals surface area contributed by atoms with Gasteiger partial charge in [0.2, 0.25) is 11.6 Å². The molecule has 7 aliphatic rings. The Morgan fingerprint density at radius 3 is 1.18 bits per heavy atom. The standard InChI is InChI=1S/C64H50O29/c65-24-9-34(68)31-17-48(91-63(86)22-5-37(71)53(79)38(72)6-22)59(88-45(31)12-24)20-1-27-29(15-43(77)57(83)51(27)55(81)41(75)3-20)60-49(18-32-35(69)10-25(66)13-46(32)89-60)92-62(85)21-2-28-30(16-44(78)58(84)52(28)56(82)42(76)4-21)61-50(19-33-36(70)11-26(67)14-47(33)90-61)93-64(87)23-7-39(73)54(80)40(74)8-23/h1-16,27-30,48-50,59-61,65-80,83-84H,17-19H2/t27?,28?,29?,30?,48-,49-,50-,59-,60-,61-/m1/s1. The van der Waals surface area contributed by atoms with E-state index in [1.54, 1.807) is 0 Å². The van der Waals surface area contributed by atoms with Gasteiger partial charge in [0.05, 0.1) is 27.8 Å². The monoisotopic (exact) mass is 1280 g/mol. The zero-order valence-corrected chi connectivity index (χ0v) is 47.2. The van der Waals surface area contributed by atoms with Gasteiger partial charge < -0.3 is 120 Å². The molecule has 5 aromatic carbocycles. The van der Waals surface area contributed by atoms with E-state index in [1.807, 2.05) is 0 Å². The summed E-state index contributed by atoms with van der Waals surface area (Å²) in [5, 5.41) is 195. The van der Waals surface area contributed by atoms with E-state index in [1.165, 1.54) is 6.08 Å². The lowest BCUT2D eigenvalue weighted by Gasteiger charge is -2.41. The highest BCUT2D eigenvalue weighted by atomic mass is 16.6. The minimum absolute atomic E-state index is 0.0463. The Hall–Kier alpha value is -12.4. The van der Waals surface area contributed by atoms with Gasteiger partial charge in [-0.05, 0) is 54.1 Å². The van der Waals surface area contributed by atoms with Crippen molar-refractivity contribution in [3.05, 3.63) is 182 Å². The summed E-state index contributed by atoms with van der Waals surface area (Å²) in [6, 6.07) is 8.92. The molecular formula is C64H50O29. The Morgan fingerprint density at radius 2 is 0.753 bits per heavy atom. The molecule has 0 amide bonds. The molecule has 0 saturated heterocycles. The maximum atomic E-state index is 15.1. The van der Waals surface area contributed by atoms with E-state index in [0.717, 1.165) is 85.0 Å². The number of esters is 3. The summed E-state index contributed by atoms with van der Waals surface area (Å²) in [7, 11) is 0. The zero-order valence-electron chi connectivity index (χ0n) is 47.2. The Balaban J connectivity index is 0.938. The van der Waals surface area contributed by atoms with E-state index in [-0.39, 0.29) is 39.5 Å². The summed E-state index contributed by atoms with van der Waals surface area (Å²) >= 11 is 0. The van der Waals surface area contributed by atoms with Crippen LogP contribution in [0.4, 0.5) is 0 Å². The molecule has 18 N–H and O–H groups in total. The molecule has 0 saturated carbocycles. The minimum Gasteiger partial charge on any atom is -0.508 e. The van der Waals surface area contributed by atoms with Gasteiger partial charge in [0.1, 0.15) is 82.3 Å². The molecule has 3 heterocycles. The van der Waals surface area contributed by atoms with Gasteiger partial charge in [-0.3, -0.25) is 9.59 Å². The Labute approximate surface area is 519 Å². The average Bonchev–Trinajstić information content (AvgIpc) is 1.74. The smallest absolute Gasteiger partial charge is 0.338 e. The van der Waals surface area contributed by atoms with Crippen LogP contribution in [0.15, 0.2) is 154 Å². The number of aromatic hydroxyl groups is 12. The highest BCUT2D eigenvalue weighted by Gasteiger charge is 2.52. The molecule has 4 aliphatic carbocycles. The van der Waals surface area contributed by atoms with Gasteiger partial charge >= 0.3 is 17.9 Å². The summed E-state index contributed by atoms with van der Waals surface area (Å²) in [6.45, 7) is 0. The number of fused-ring (bicyclic) bond motifs is 5. The lowest BCUT2D eigenvalue weighted by atomic mass is 9.73. The number of allylic oxidation sites excluding steroid dienone is 4. The molecule has 12 rings (SSSR count). The SMILES string of the molecule is O=C(O[C@@H]1Cc2c(O)cc(O)cc2O[C@@H]1C1C=C(O)C(O)=C2C(=O)C(O)=CC([C@H]3Oc4cc(O)cc(O)c4C[C@H]3OC(=O)c3cc(O)c(O)c(O)c3)=CC21)C1=CC2C(=C(O)C(O)=CC2[C@H]2Oc3cc(O)cc(O)c3C[C@H]2OC(=O)c2cc(O)c(O)c(O)c2)C(=O)C(O)=C1. The fraction of sp³-hybridized carbons (Fsp3) is 0.203. The average molecular weight is 1280 g/mol. The van der Waals surface area contributed by atoms with Crippen molar-refractivity contribution in [3.8, 4) is 86.2 Å². The van der Waals surface area contributed by atoms with Crippen LogP contribution in [0.25, 0.3) is 0 Å². The van der Waals surface area contributed by atoms with Gasteiger partial charge in [-0.25, -0.2) is 14.4 Å². The molecule has 480 valence electrons. The topological polar surface area (TPSA) is 505 Å². The number of aliphatic hydroxyl groups is 6. The lowest BCUT2D eigenvalue weighted by Crippen LogP contribution is -2.49. The second-order valence-corrected chi connectivity index (χ2v) is 22.5. The van der Waals surface area contributed by atoms with Crippen molar-refractivity contribution in [1.82, 2.24) is 0 Å². The number of ketones is 2.